The lowest BCUT2D eigenvalue weighted by Crippen LogP contribution is -2.62. The second kappa shape index (κ2) is 4.86. The maximum Gasteiger partial charge on any atom is 0.404 e. The van der Waals surface area contributed by atoms with Crippen molar-refractivity contribution >= 4 is 5.97 Å². The predicted octanol–water partition coefficient (Wildman–Crippen LogP) is 3.45. The van der Waals surface area contributed by atoms with Crippen LogP contribution in [0.1, 0.15) is 52.4 Å². The van der Waals surface area contributed by atoms with Gasteiger partial charge in [-0.1, -0.05) is 6.92 Å². The number of carbonyl (C=O) groups is 1. The van der Waals surface area contributed by atoms with Crippen LogP contribution in [0.4, 0.5) is 13.2 Å². The van der Waals surface area contributed by atoms with Crippen LogP contribution in [-0.2, 0) is 9.53 Å². The Morgan fingerprint density at radius 2 is 1.77 bits per heavy atom. The number of aliphatic hydroxyl groups is 1. The molecule has 4 rings (SSSR count). The zero-order chi connectivity index (χ0) is 16.3. The Morgan fingerprint density at radius 3 is 2.18 bits per heavy atom. The molecule has 22 heavy (non-hydrogen) atoms. The van der Waals surface area contributed by atoms with Gasteiger partial charge in [0.1, 0.15) is 11.7 Å². The molecule has 4 bridgehead atoms. The van der Waals surface area contributed by atoms with Gasteiger partial charge < -0.3 is 9.84 Å². The topological polar surface area (TPSA) is 46.5 Å². The Morgan fingerprint density at radius 1 is 1.23 bits per heavy atom. The summed E-state index contributed by atoms with van der Waals surface area (Å²) in [5.74, 6) is -0.377. The molecule has 0 aromatic heterocycles. The van der Waals surface area contributed by atoms with Crippen molar-refractivity contribution in [2.24, 2.45) is 23.2 Å². The maximum absolute atomic E-state index is 13.2. The van der Waals surface area contributed by atoms with Gasteiger partial charge >= 0.3 is 12.1 Å². The molecule has 4 aliphatic carbocycles. The van der Waals surface area contributed by atoms with Crippen LogP contribution in [0, 0.1) is 23.2 Å². The van der Waals surface area contributed by atoms with E-state index in [0.29, 0.717) is 24.7 Å². The van der Waals surface area contributed by atoms with Crippen LogP contribution in [0.2, 0.25) is 0 Å². The summed E-state index contributed by atoms with van der Waals surface area (Å²) in [5, 5.41) is 10.8. The van der Waals surface area contributed by atoms with Gasteiger partial charge in [0.15, 0.2) is 5.41 Å². The van der Waals surface area contributed by atoms with E-state index < -0.39 is 29.3 Å². The fourth-order valence-electron chi connectivity index (χ4n) is 4.86. The van der Waals surface area contributed by atoms with Crippen molar-refractivity contribution < 1.29 is 27.8 Å². The van der Waals surface area contributed by atoms with Gasteiger partial charge in [0.2, 0.25) is 0 Å². The van der Waals surface area contributed by atoms with Crippen molar-refractivity contribution in [3.8, 4) is 0 Å². The van der Waals surface area contributed by atoms with E-state index in [1.807, 2.05) is 0 Å². The number of hydrogen-bond donors (Lipinski definition) is 1. The number of hydrogen-bond acceptors (Lipinski definition) is 3. The summed E-state index contributed by atoms with van der Waals surface area (Å²) in [6.45, 7) is 2.22. The van der Waals surface area contributed by atoms with E-state index in [1.54, 1.807) is 0 Å². The third-order valence-electron chi connectivity index (χ3n) is 6.20. The summed E-state index contributed by atoms with van der Waals surface area (Å²) in [6.07, 6.45) is -1.89. The normalized spacial score (nSPS) is 43.0. The Balaban J connectivity index is 1.79. The molecule has 4 saturated carbocycles. The van der Waals surface area contributed by atoms with Crippen LogP contribution in [0.3, 0.4) is 0 Å². The molecule has 0 aromatic rings. The number of alkyl halides is 3. The molecule has 0 amide bonds. The van der Waals surface area contributed by atoms with Gasteiger partial charge in [0.05, 0.1) is 0 Å². The number of carbonyl (C=O) groups excluding carboxylic acids is 1. The number of ether oxygens (including phenoxy) is 1. The lowest BCUT2D eigenvalue weighted by atomic mass is 9.53. The summed E-state index contributed by atoms with van der Waals surface area (Å²) in [5.41, 5.74) is -3.62. The smallest absolute Gasteiger partial charge is 0.404 e. The Bertz CT molecular complexity index is 462. The standard InChI is InChI=1S/C16H23F3O3/c1-3-14(2,16(17,18)19)13(20)22-12-11-5-9-4-10(6-11)8-15(12,21)7-9/h9-12,21H,3-8H2,1-2H3. The van der Waals surface area contributed by atoms with Crippen molar-refractivity contribution in [1.82, 2.24) is 0 Å². The second-order valence-corrected chi connectivity index (χ2v) is 7.72. The minimum absolute atomic E-state index is 0.00883. The SMILES string of the molecule is CCC(C)(C(=O)OC1C2CC3CC(C2)CC1(O)C3)C(F)(F)F. The first-order chi connectivity index (χ1) is 10.1. The van der Waals surface area contributed by atoms with E-state index in [2.05, 4.69) is 0 Å². The highest BCUT2D eigenvalue weighted by Gasteiger charge is 2.61. The van der Waals surface area contributed by atoms with Crippen molar-refractivity contribution in [3.63, 3.8) is 0 Å². The quantitative estimate of drug-likeness (QED) is 0.810. The summed E-state index contributed by atoms with van der Waals surface area (Å²) in [7, 11) is 0. The molecule has 4 aliphatic rings. The first-order valence-electron chi connectivity index (χ1n) is 8.09. The zero-order valence-corrected chi connectivity index (χ0v) is 12.9. The molecule has 4 atom stereocenters. The highest BCUT2D eigenvalue weighted by atomic mass is 19.4. The Labute approximate surface area is 128 Å². The lowest BCUT2D eigenvalue weighted by molar-refractivity contribution is -0.256. The fraction of sp³-hybridized carbons (Fsp3) is 0.938. The van der Waals surface area contributed by atoms with Crippen LogP contribution in [0.5, 0.6) is 0 Å². The highest BCUT2D eigenvalue weighted by Crippen LogP contribution is 2.57. The number of halogens is 3. The molecule has 4 fully saturated rings. The molecule has 0 aromatic carbocycles. The Hall–Kier alpha value is -0.780. The van der Waals surface area contributed by atoms with Crippen molar-refractivity contribution in [2.45, 2.75) is 70.3 Å². The Kier molecular flexibility index (Phi) is 3.55. The molecule has 1 N–H and O–H groups in total. The van der Waals surface area contributed by atoms with Gasteiger partial charge in [0.25, 0.3) is 0 Å². The molecular weight excluding hydrogens is 297 g/mol. The molecule has 0 heterocycles. The van der Waals surface area contributed by atoms with Crippen LogP contribution in [0.15, 0.2) is 0 Å². The van der Waals surface area contributed by atoms with E-state index in [0.717, 1.165) is 26.2 Å². The molecule has 3 nitrogen and oxygen atoms in total. The molecular formula is C16H23F3O3. The largest absolute Gasteiger partial charge is 0.458 e. The van der Waals surface area contributed by atoms with E-state index in [4.69, 9.17) is 4.74 Å². The molecule has 4 unspecified atom stereocenters. The first kappa shape index (κ1) is 16.1. The zero-order valence-electron chi connectivity index (χ0n) is 12.9. The number of rotatable bonds is 3. The van der Waals surface area contributed by atoms with Crippen LogP contribution < -0.4 is 0 Å². The van der Waals surface area contributed by atoms with Gasteiger partial charge in [-0.15, -0.1) is 0 Å². The van der Waals surface area contributed by atoms with Gasteiger partial charge in [-0.05, 0) is 63.2 Å². The molecule has 0 saturated heterocycles. The third kappa shape index (κ3) is 2.25. The maximum atomic E-state index is 13.2. The van der Waals surface area contributed by atoms with Crippen LogP contribution in [0.25, 0.3) is 0 Å². The highest BCUT2D eigenvalue weighted by molar-refractivity contribution is 5.77. The van der Waals surface area contributed by atoms with Gasteiger partial charge in [0, 0.05) is 0 Å². The predicted molar refractivity (Wildman–Crippen MR) is 72.8 cm³/mol. The third-order valence-corrected chi connectivity index (χ3v) is 6.20. The molecule has 0 radical (unpaired) electrons. The second-order valence-electron chi connectivity index (χ2n) is 7.72. The van der Waals surface area contributed by atoms with Crippen molar-refractivity contribution in [2.75, 3.05) is 0 Å². The monoisotopic (exact) mass is 320 g/mol. The first-order valence-corrected chi connectivity index (χ1v) is 8.09. The van der Waals surface area contributed by atoms with Gasteiger partial charge in [-0.3, -0.25) is 4.79 Å². The number of esters is 1. The minimum atomic E-state index is -4.65. The van der Waals surface area contributed by atoms with Gasteiger partial charge in [-0.2, -0.15) is 13.2 Å². The van der Waals surface area contributed by atoms with Crippen LogP contribution in [-0.4, -0.2) is 29.0 Å². The summed E-state index contributed by atoms with van der Waals surface area (Å²) in [6, 6.07) is 0. The van der Waals surface area contributed by atoms with E-state index in [9.17, 15) is 23.1 Å². The van der Waals surface area contributed by atoms with Crippen molar-refractivity contribution in [1.29, 1.82) is 0 Å². The minimum Gasteiger partial charge on any atom is -0.458 e. The van der Waals surface area contributed by atoms with E-state index in [1.165, 1.54) is 6.92 Å². The van der Waals surface area contributed by atoms with Crippen LogP contribution >= 0.6 is 0 Å². The molecule has 0 aliphatic heterocycles. The molecule has 126 valence electrons. The lowest BCUT2D eigenvalue weighted by Gasteiger charge is -2.58. The molecule has 0 spiro atoms. The van der Waals surface area contributed by atoms with E-state index >= 15 is 0 Å². The summed E-state index contributed by atoms with van der Waals surface area (Å²) < 4.78 is 44.9. The summed E-state index contributed by atoms with van der Waals surface area (Å²) >= 11 is 0. The van der Waals surface area contributed by atoms with Crippen molar-refractivity contribution in [3.05, 3.63) is 0 Å². The molecule has 6 heteroatoms. The van der Waals surface area contributed by atoms with E-state index in [-0.39, 0.29) is 12.3 Å². The summed E-state index contributed by atoms with van der Waals surface area (Å²) in [4.78, 5) is 12.2. The average Bonchev–Trinajstić information content (AvgIpc) is 2.39. The fourth-order valence-corrected chi connectivity index (χ4v) is 4.86. The van der Waals surface area contributed by atoms with Gasteiger partial charge in [-0.25, -0.2) is 0 Å². The average molecular weight is 320 g/mol.